The lowest BCUT2D eigenvalue weighted by atomic mass is 10.1. The van der Waals surface area contributed by atoms with Crippen molar-refractivity contribution in [1.29, 1.82) is 0 Å². The van der Waals surface area contributed by atoms with Gasteiger partial charge in [0, 0.05) is 5.69 Å². The first-order chi connectivity index (χ1) is 11.7. The molecule has 0 aliphatic heterocycles. The molecule has 0 saturated heterocycles. The van der Waals surface area contributed by atoms with Crippen LogP contribution in [-0.4, -0.2) is 27.2 Å². The van der Waals surface area contributed by atoms with Crippen molar-refractivity contribution in [3.8, 4) is 17.2 Å². The quantitative estimate of drug-likeness (QED) is 0.914. The Balaban J connectivity index is 1.90. The molecule has 2 aromatic carbocycles. The summed E-state index contributed by atoms with van der Waals surface area (Å²) in [5, 5.41) is 2.94. The number of rotatable bonds is 5. The summed E-state index contributed by atoms with van der Waals surface area (Å²) in [6.07, 6.45) is 3.36. The van der Waals surface area contributed by atoms with Gasteiger partial charge in [-0.25, -0.2) is 0 Å². The van der Waals surface area contributed by atoms with Crippen molar-refractivity contribution in [1.82, 2.24) is 0 Å². The van der Waals surface area contributed by atoms with Gasteiger partial charge in [-0.3, -0.25) is 4.79 Å². The topological polar surface area (TPSA) is 56.8 Å². The molecule has 3 rings (SSSR count). The van der Waals surface area contributed by atoms with E-state index in [4.69, 9.17) is 14.2 Å². The van der Waals surface area contributed by atoms with Crippen LogP contribution in [0.25, 0.3) is 0 Å². The van der Waals surface area contributed by atoms with E-state index in [1.54, 1.807) is 19.2 Å². The third-order valence-corrected chi connectivity index (χ3v) is 4.31. The molecule has 5 heteroatoms. The van der Waals surface area contributed by atoms with Gasteiger partial charge in [-0.2, -0.15) is 0 Å². The minimum Gasteiger partial charge on any atom is -0.493 e. The Kier molecular flexibility index (Phi) is 4.60. The van der Waals surface area contributed by atoms with Crippen molar-refractivity contribution in [2.24, 2.45) is 0 Å². The van der Waals surface area contributed by atoms with Crippen LogP contribution in [0.5, 0.6) is 17.2 Å². The summed E-state index contributed by atoms with van der Waals surface area (Å²) in [5.74, 6) is 1.03. The SMILES string of the molecule is COc1ccc(C(=O)Nc2ccc3c(c2)CCC3)c(OC)c1OC. The number of hydrogen-bond acceptors (Lipinski definition) is 4. The molecule has 0 saturated carbocycles. The van der Waals surface area contributed by atoms with Gasteiger partial charge in [-0.1, -0.05) is 6.07 Å². The van der Waals surface area contributed by atoms with E-state index in [-0.39, 0.29) is 5.91 Å². The number of ether oxygens (including phenoxy) is 3. The van der Waals surface area contributed by atoms with E-state index in [2.05, 4.69) is 11.4 Å². The van der Waals surface area contributed by atoms with Crippen LogP contribution < -0.4 is 19.5 Å². The lowest BCUT2D eigenvalue weighted by Gasteiger charge is -2.15. The number of benzene rings is 2. The number of hydrogen-bond donors (Lipinski definition) is 1. The van der Waals surface area contributed by atoms with Crippen LogP contribution in [0.1, 0.15) is 27.9 Å². The second-order valence-corrected chi connectivity index (χ2v) is 5.67. The number of aryl methyl sites for hydroxylation is 2. The van der Waals surface area contributed by atoms with Crippen molar-refractivity contribution in [3.63, 3.8) is 0 Å². The highest BCUT2D eigenvalue weighted by Crippen LogP contribution is 2.40. The van der Waals surface area contributed by atoms with Gasteiger partial charge in [0.2, 0.25) is 5.75 Å². The van der Waals surface area contributed by atoms with E-state index < -0.39 is 0 Å². The molecule has 1 N–H and O–H groups in total. The molecule has 0 spiro atoms. The number of carbonyl (C=O) groups is 1. The minimum absolute atomic E-state index is 0.245. The zero-order valence-corrected chi connectivity index (χ0v) is 14.1. The average Bonchev–Trinajstić information content (AvgIpc) is 3.07. The van der Waals surface area contributed by atoms with Gasteiger partial charge in [0.25, 0.3) is 5.91 Å². The molecule has 0 bridgehead atoms. The second kappa shape index (κ2) is 6.83. The molecule has 126 valence electrons. The van der Waals surface area contributed by atoms with E-state index in [0.29, 0.717) is 22.8 Å². The highest BCUT2D eigenvalue weighted by molar-refractivity contribution is 6.07. The molecule has 1 amide bonds. The Bertz CT molecular complexity index is 770. The lowest BCUT2D eigenvalue weighted by molar-refractivity contribution is 0.102. The third kappa shape index (κ3) is 2.89. The Morgan fingerprint density at radius 1 is 0.917 bits per heavy atom. The first-order valence-corrected chi connectivity index (χ1v) is 7.90. The average molecular weight is 327 g/mol. The fraction of sp³-hybridized carbons (Fsp3) is 0.316. The maximum atomic E-state index is 12.7. The van der Waals surface area contributed by atoms with E-state index >= 15 is 0 Å². The van der Waals surface area contributed by atoms with Gasteiger partial charge < -0.3 is 19.5 Å². The van der Waals surface area contributed by atoms with E-state index in [9.17, 15) is 4.79 Å². The first-order valence-electron chi connectivity index (χ1n) is 7.90. The van der Waals surface area contributed by atoms with Gasteiger partial charge in [0.05, 0.1) is 26.9 Å². The van der Waals surface area contributed by atoms with Crippen molar-refractivity contribution < 1.29 is 19.0 Å². The zero-order valence-electron chi connectivity index (χ0n) is 14.1. The van der Waals surface area contributed by atoms with E-state index in [0.717, 1.165) is 18.5 Å². The van der Waals surface area contributed by atoms with Crippen LogP contribution in [0.2, 0.25) is 0 Å². The molecule has 0 atom stereocenters. The van der Waals surface area contributed by atoms with Crippen molar-refractivity contribution >= 4 is 11.6 Å². The molecular weight excluding hydrogens is 306 g/mol. The van der Waals surface area contributed by atoms with Crippen molar-refractivity contribution in [2.45, 2.75) is 19.3 Å². The molecule has 0 unspecified atom stereocenters. The monoisotopic (exact) mass is 327 g/mol. The van der Waals surface area contributed by atoms with E-state index in [1.165, 1.54) is 31.8 Å². The third-order valence-electron chi connectivity index (χ3n) is 4.31. The predicted octanol–water partition coefficient (Wildman–Crippen LogP) is 3.45. The van der Waals surface area contributed by atoms with Crippen LogP contribution in [0, 0.1) is 0 Å². The molecule has 0 radical (unpaired) electrons. The normalized spacial score (nSPS) is 12.5. The summed E-state index contributed by atoms with van der Waals surface area (Å²) in [5.41, 5.74) is 3.87. The molecule has 0 aromatic heterocycles. The smallest absolute Gasteiger partial charge is 0.259 e. The molecule has 1 aliphatic carbocycles. The lowest BCUT2D eigenvalue weighted by Crippen LogP contribution is -2.14. The highest BCUT2D eigenvalue weighted by atomic mass is 16.5. The molecule has 24 heavy (non-hydrogen) atoms. The molecule has 5 nitrogen and oxygen atoms in total. The van der Waals surface area contributed by atoms with Gasteiger partial charge in [-0.05, 0) is 54.7 Å². The summed E-state index contributed by atoms with van der Waals surface area (Å²) in [7, 11) is 4.56. The summed E-state index contributed by atoms with van der Waals surface area (Å²) in [6.45, 7) is 0. The van der Waals surface area contributed by atoms with Crippen LogP contribution in [0.15, 0.2) is 30.3 Å². The summed E-state index contributed by atoms with van der Waals surface area (Å²) >= 11 is 0. The number of anilines is 1. The van der Waals surface area contributed by atoms with Crippen molar-refractivity contribution in [2.75, 3.05) is 26.6 Å². The van der Waals surface area contributed by atoms with E-state index in [1.807, 2.05) is 12.1 Å². The molecule has 2 aromatic rings. The fourth-order valence-electron chi connectivity index (χ4n) is 3.13. The summed E-state index contributed by atoms with van der Waals surface area (Å²) in [6, 6.07) is 9.44. The number of carbonyl (C=O) groups excluding carboxylic acids is 1. The van der Waals surface area contributed by atoms with Gasteiger partial charge in [0.15, 0.2) is 11.5 Å². The number of amides is 1. The van der Waals surface area contributed by atoms with Crippen LogP contribution in [0.3, 0.4) is 0 Å². The predicted molar refractivity (Wildman–Crippen MR) is 92.5 cm³/mol. The standard InChI is InChI=1S/C19H21NO4/c1-22-16-10-9-15(17(23-2)18(16)24-3)19(21)20-14-8-7-12-5-4-6-13(12)11-14/h7-11H,4-6H2,1-3H3,(H,20,21). The second-order valence-electron chi connectivity index (χ2n) is 5.67. The van der Waals surface area contributed by atoms with Gasteiger partial charge >= 0.3 is 0 Å². The Morgan fingerprint density at radius 2 is 1.67 bits per heavy atom. The van der Waals surface area contributed by atoms with Crippen LogP contribution in [-0.2, 0) is 12.8 Å². The zero-order chi connectivity index (χ0) is 17.1. The van der Waals surface area contributed by atoms with Crippen LogP contribution >= 0.6 is 0 Å². The Hall–Kier alpha value is -2.69. The fourth-order valence-corrected chi connectivity index (χ4v) is 3.13. The Morgan fingerprint density at radius 3 is 2.38 bits per heavy atom. The molecule has 0 fully saturated rings. The summed E-state index contributed by atoms with van der Waals surface area (Å²) < 4.78 is 16.0. The largest absolute Gasteiger partial charge is 0.493 e. The Labute approximate surface area is 141 Å². The highest BCUT2D eigenvalue weighted by Gasteiger charge is 2.21. The van der Waals surface area contributed by atoms with Gasteiger partial charge in [-0.15, -0.1) is 0 Å². The number of nitrogens with one attached hydrogen (secondary N) is 1. The first kappa shape index (κ1) is 16.2. The molecular formula is C19H21NO4. The maximum absolute atomic E-state index is 12.7. The molecule has 1 aliphatic rings. The van der Waals surface area contributed by atoms with Crippen LogP contribution in [0.4, 0.5) is 5.69 Å². The number of methoxy groups -OCH3 is 3. The molecule has 0 heterocycles. The van der Waals surface area contributed by atoms with Gasteiger partial charge in [0.1, 0.15) is 0 Å². The maximum Gasteiger partial charge on any atom is 0.259 e. The number of fused-ring (bicyclic) bond motifs is 1. The minimum atomic E-state index is -0.245. The summed E-state index contributed by atoms with van der Waals surface area (Å²) in [4.78, 5) is 12.7. The van der Waals surface area contributed by atoms with Crippen molar-refractivity contribution in [3.05, 3.63) is 47.0 Å².